The highest BCUT2D eigenvalue weighted by Crippen LogP contribution is 2.29. The van der Waals surface area contributed by atoms with Gasteiger partial charge < -0.3 is 10.2 Å². The van der Waals surface area contributed by atoms with Crippen LogP contribution >= 0.6 is 15.9 Å². The van der Waals surface area contributed by atoms with Crippen molar-refractivity contribution in [1.29, 1.82) is 0 Å². The van der Waals surface area contributed by atoms with E-state index in [0.29, 0.717) is 16.9 Å². The molecule has 102 valence electrons. The summed E-state index contributed by atoms with van der Waals surface area (Å²) in [5, 5.41) is 0.896. The molecule has 0 fully saturated rings. The van der Waals surface area contributed by atoms with Gasteiger partial charge in [-0.2, -0.15) is 0 Å². The number of benzene rings is 2. The van der Waals surface area contributed by atoms with Crippen LogP contribution in [0.15, 0.2) is 51.4 Å². The Morgan fingerprint density at radius 3 is 2.55 bits per heavy atom. The monoisotopic (exact) mass is 337 g/mol. The summed E-state index contributed by atoms with van der Waals surface area (Å²) in [6, 6.07) is 10.3. The summed E-state index contributed by atoms with van der Waals surface area (Å²) in [6.45, 7) is 0. The van der Waals surface area contributed by atoms with E-state index in [2.05, 4.69) is 15.9 Å². The van der Waals surface area contributed by atoms with Crippen LogP contribution in [-0.2, 0) is 0 Å². The van der Waals surface area contributed by atoms with Crippen molar-refractivity contribution in [2.24, 2.45) is 5.73 Å². The number of halogens is 3. The molecule has 0 saturated carbocycles. The van der Waals surface area contributed by atoms with Crippen LogP contribution in [0, 0.1) is 11.6 Å². The van der Waals surface area contributed by atoms with Crippen molar-refractivity contribution in [2.45, 2.75) is 6.04 Å². The molecule has 3 rings (SSSR count). The summed E-state index contributed by atoms with van der Waals surface area (Å²) in [6.07, 6.45) is 0. The van der Waals surface area contributed by atoms with Crippen molar-refractivity contribution in [3.05, 3.63) is 69.9 Å². The predicted molar refractivity (Wildman–Crippen MR) is 76.3 cm³/mol. The molecule has 1 atom stereocenters. The fraction of sp³-hybridized carbons (Fsp3) is 0.0667. The molecule has 1 heterocycles. The van der Waals surface area contributed by atoms with Crippen LogP contribution in [-0.4, -0.2) is 0 Å². The molecule has 0 aliphatic carbocycles. The third-order valence-corrected chi connectivity index (χ3v) is 3.60. The highest BCUT2D eigenvalue weighted by Gasteiger charge is 2.16. The van der Waals surface area contributed by atoms with E-state index in [-0.39, 0.29) is 0 Å². The summed E-state index contributed by atoms with van der Waals surface area (Å²) < 4.78 is 32.8. The maximum absolute atomic E-state index is 13.2. The smallest absolute Gasteiger partial charge is 0.159 e. The van der Waals surface area contributed by atoms with Gasteiger partial charge in [0.15, 0.2) is 11.6 Å². The molecule has 0 amide bonds. The lowest BCUT2D eigenvalue weighted by molar-refractivity contribution is 0.499. The van der Waals surface area contributed by atoms with Crippen LogP contribution in [0.5, 0.6) is 0 Å². The Hall–Kier alpha value is -1.72. The van der Waals surface area contributed by atoms with Gasteiger partial charge in [0.25, 0.3) is 0 Å². The summed E-state index contributed by atoms with van der Waals surface area (Å²) >= 11 is 3.38. The van der Waals surface area contributed by atoms with E-state index >= 15 is 0 Å². The molecule has 0 aliphatic rings. The van der Waals surface area contributed by atoms with Crippen molar-refractivity contribution in [3.8, 4) is 0 Å². The van der Waals surface area contributed by atoms with Gasteiger partial charge in [0.1, 0.15) is 11.3 Å². The summed E-state index contributed by atoms with van der Waals surface area (Å²) in [4.78, 5) is 0. The minimum absolute atomic E-state index is 0.460. The first-order chi connectivity index (χ1) is 9.54. The lowest BCUT2D eigenvalue weighted by Crippen LogP contribution is -2.11. The van der Waals surface area contributed by atoms with Gasteiger partial charge in [-0.3, -0.25) is 0 Å². The maximum Gasteiger partial charge on any atom is 0.159 e. The molecule has 0 radical (unpaired) electrons. The molecule has 0 aliphatic heterocycles. The van der Waals surface area contributed by atoms with Crippen LogP contribution in [0.3, 0.4) is 0 Å². The first-order valence-electron chi connectivity index (χ1n) is 5.94. The van der Waals surface area contributed by atoms with Gasteiger partial charge in [-0.25, -0.2) is 8.78 Å². The Labute approximate surface area is 122 Å². The zero-order chi connectivity index (χ0) is 14.3. The van der Waals surface area contributed by atoms with E-state index in [4.69, 9.17) is 10.2 Å². The highest BCUT2D eigenvalue weighted by atomic mass is 79.9. The topological polar surface area (TPSA) is 39.2 Å². The minimum atomic E-state index is -0.920. The molecule has 3 aromatic rings. The third kappa shape index (κ3) is 2.34. The second kappa shape index (κ2) is 5.00. The second-order valence-corrected chi connectivity index (χ2v) is 5.40. The first-order valence-corrected chi connectivity index (χ1v) is 6.73. The Bertz CT molecular complexity index is 785. The molecule has 0 bridgehead atoms. The number of furan rings is 1. The molecule has 2 aromatic carbocycles. The molecule has 5 heteroatoms. The highest BCUT2D eigenvalue weighted by molar-refractivity contribution is 9.10. The van der Waals surface area contributed by atoms with Crippen LogP contribution in [0.2, 0.25) is 0 Å². The van der Waals surface area contributed by atoms with Crippen LogP contribution in [0.25, 0.3) is 11.0 Å². The van der Waals surface area contributed by atoms with E-state index in [1.165, 1.54) is 6.07 Å². The van der Waals surface area contributed by atoms with Gasteiger partial charge in [0, 0.05) is 9.86 Å². The number of hydrogen-bond acceptors (Lipinski definition) is 2. The zero-order valence-electron chi connectivity index (χ0n) is 10.2. The SMILES string of the molecule is NC(c1ccc(F)c(F)c1)c1cc2cc(Br)ccc2o1. The summed E-state index contributed by atoms with van der Waals surface area (Å²) in [5.41, 5.74) is 7.20. The molecule has 2 nitrogen and oxygen atoms in total. The molecule has 2 N–H and O–H groups in total. The Morgan fingerprint density at radius 1 is 1.00 bits per heavy atom. The van der Waals surface area contributed by atoms with Gasteiger partial charge in [-0.1, -0.05) is 22.0 Å². The molecule has 1 aromatic heterocycles. The summed E-state index contributed by atoms with van der Waals surface area (Å²) in [5.74, 6) is -1.31. The minimum Gasteiger partial charge on any atom is -0.459 e. The van der Waals surface area contributed by atoms with Gasteiger partial charge in [-0.15, -0.1) is 0 Å². The van der Waals surface area contributed by atoms with E-state index in [1.807, 2.05) is 18.2 Å². The largest absolute Gasteiger partial charge is 0.459 e. The predicted octanol–water partition coefficient (Wildman–Crippen LogP) is 4.52. The summed E-state index contributed by atoms with van der Waals surface area (Å²) in [7, 11) is 0. The quantitative estimate of drug-likeness (QED) is 0.746. The van der Waals surface area contributed by atoms with E-state index in [9.17, 15) is 8.78 Å². The fourth-order valence-corrected chi connectivity index (χ4v) is 2.44. The van der Waals surface area contributed by atoms with Crippen molar-refractivity contribution in [3.63, 3.8) is 0 Å². The molecule has 1 unspecified atom stereocenters. The molecule has 20 heavy (non-hydrogen) atoms. The van der Waals surface area contributed by atoms with Gasteiger partial charge in [-0.05, 0) is 42.0 Å². The Balaban J connectivity index is 2.02. The van der Waals surface area contributed by atoms with E-state index in [1.54, 1.807) is 6.07 Å². The lowest BCUT2D eigenvalue weighted by atomic mass is 10.0. The molecule has 0 spiro atoms. The fourth-order valence-electron chi connectivity index (χ4n) is 2.06. The molecular formula is C15H10BrF2NO. The zero-order valence-corrected chi connectivity index (χ0v) is 11.8. The number of nitrogens with two attached hydrogens (primary N) is 1. The lowest BCUT2D eigenvalue weighted by Gasteiger charge is -2.09. The number of fused-ring (bicyclic) bond motifs is 1. The number of rotatable bonds is 2. The van der Waals surface area contributed by atoms with Crippen molar-refractivity contribution in [1.82, 2.24) is 0 Å². The van der Waals surface area contributed by atoms with Crippen LogP contribution in [0.4, 0.5) is 8.78 Å². The van der Waals surface area contributed by atoms with Gasteiger partial charge in [0.2, 0.25) is 0 Å². The second-order valence-electron chi connectivity index (χ2n) is 4.48. The standard InChI is InChI=1S/C15H10BrF2NO/c16-10-2-4-13-9(5-10)7-14(20-13)15(19)8-1-3-11(17)12(18)6-8/h1-7,15H,19H2. The van der Waals surface area contributed by atoms with E-state index < -0.39 is 17.7 Å². The Kier molecular flexibility index (Phi) is 3.31. The maximum atomic E-state index is 13.2. The van der Waals surface area contributed by atoms with Crippen molar-refractivity contribution in [2.75, 3.05) is 0 Å². The van der Waals surface area contributed by atoms with Gasteiger partial charge >= 0.3 is 0 Å². The third-order valence-electron chi connectivity index (χ3n) is 3.11. The molecular weight excluding hydrogens is 328 g/mol. The number of hydrogen-bond donors (Lipinski definition) is 1. The van der Waals surface area contributed by atoms with Crippen molar-refractivity contribution < 1.29 is 13.2 Å². The van der Waals surface area contributed by atoms with Crippen LogP contribution < -0.4 is 5.73 Å². The normalized spacial score (nSPS) is 12.8. The van der Waals surface area contributed by atoms with E-state index in [0.717, 1.165) is 22.0 Å². The average molecular weight is 338 g/mol. The average Bonchev–Trinajstić information content (AvgIpc) is 2.84. The van der Waals surface area contributed by atoms with Crippen molar-refractivity contribution >= 4 is 26.9 Å². The molecule has 0 saturated heterocycles. The Morgan fingerprint density at radius 2 is 1.80 bits per heavy atom. The first kappa shape index (κ1) is 13.3. The van der Waals surface area contributed by atoms with Crippen LogP contribution in [0.1, 0.15) is 17.4 Å². The van der Waals surface area contributed by atoms with Gasteiger partial charge in [0.05, 0.1) is 6.04 Å².